The van der Waals surface area contributed by atoms with Gasteiger partial charge in [0.25, 0.3) is 0 Å². The van der Waals surface area contributed by atoms with Gasteiger partial charge in [-0.2, -0.15) is 5.10 Å². The van der Waals surface area contributed by atoms with Crippen LogP contribution in [0.5, 0.6) is 0 Å². The van der Waals surface area contributed by atoms with E-state index in [2.05, 4.69) is 40.4 Å². The lowest BCUT2D eigenvalue weighted by Gasteiger charge is -2.30. The molecule has 1 heterocycles. The second kappa shape index (κ2) is 7.43. The van der Waals surface area contributed by atoms with Crippen LogP contribution in [0.3, 0.4) is 0 Å². The van der Waals surface area contributed by atoms with Gasteiger partial charge in [0.2, 0.25) is 0 Å². The van der Waals surface area contributed by atoms with Gasteiger partial charge in [-0.15, -0.1) is 0 Å². The van der Waals surface area contributed by atoms with E-state index in [1.165, 1.54) is 5.56 Å². The predicted octanol–water partition coefficient (Wildman–Crippen LogP) is 2.07. The van der Waals surface area contributed by atoms with E-state index < -0.39 is 0 Å². The van der Waals surface area contributed by atoms with E-state index in [0.717, 1.165) is 43.3 Å². The first-order valence-corrected chi connectivity index (χ1v) is 8.09. The summed E-state index contributed by atoms with van der Waals surface area (Å²) in [6.07, 6.45) is 1.90. The maximum absolute atomic E-state index is 5.98. The summed E-state index contributed by atoms with van der Waals surface area (Å²) in [5.74, 6) is 0. The summed E-state index contributed by atoms with van der Waals surface area (Å²) >= 11 is 5.98. The van der Waals surface area contributed by atoms with Gasteiger partial charge in [-0.3, -0.25) is 5.01 Å². The number of nitrogens with zero attached hydrogens (tertiary/aromatic N) is 2. The van der Waals surface area contributed by atoms with Crippen molar-refractivity contribution in [2.45, 2.75) is 6.54 Å². The lowest BCUT2D eigenvalue weighted by atomic mass is 10.2. The number of hydrazone groups is 1. The Morgan fingerprint density at radius 3 is 2.55 bits per heavy atom. The first kappa shape index (κ1) is 15.1. The van der Waals surface area contributed by atoms with Gasteiger partial charge < -0.3 is 4.90 Å². The molecule has 1 fully saturated rings. The van der Waals surface area contributed by atoms with Gasteiger partial charge in [0, 0.05) is 10.6 Å². The summed E-state index contributed by atoms with van der Waals surface area (Å²) in [5, 5.41) is 7.47. The average Bonchev–Trinajstić information content (AvgIpc) is 2.55. The Hall–Kier alpha value is -1.84. The molecular formula is C18H21ClN3+. The first-order chi connectivity index (χ1) is 10.8. The summed E-state index contributed by atoms with van der Waals surface area (Å²) in [6, 6.07) is 18.5. The minimum absolute atomic E-state index is 0.751. The van der Waals surface area contributed by atoms with E-state index in [0.29, 0.717) is 0 Å². The fourth-order valence-electron chi connectivity index (χ4n) is 2.72. The van der Waals surface area contributed by atoms with E-state index in [4.69, 9.17) is 11.6 Å². The van der Waals surface area contributed by atoms with Crippen molar-refractivity contribution in [3.63, 3.8) is 0 Å². The number of nitrogens with one attached hydrogen (secondary N) is 1. The molecule has 0 atom stereocenters. The van der Waals surface area contributed by atoms with Crippen molar-refractivity contribution in [3.8, 4) is 0 Å². The van der Waals surface area contributed by atoms with Gasteiger partial charge in [0.05, 0.1) is 32.4 Å². The molecule has 114 valence electrons. The summed E-state index contributed by atoms with van der Waals surface area (Å²) < 4.78 is 0. The van der Waals surface area contributed by atoms with Gasteiger partial charge in [-0.05, 0) is 17.7 Å². The van der Waals surface area contributed by atoms with E-state index in [1.807, 2.05) is 30.5 Å². The molecular weight excluding hydrogens is 294 g/mol. The maximum atomic E-state index is 5.98. The molecule has 2 aromatic rings. The Kier molecular flexibility index (Phi) is 5.09. The van der Waals surface area contributed by atoms with Crippen LogP contribution in [0.25, 0.3) is 0 Å². The second-order valence-corrected chi connectivity index (χ2v) is 6.10. The normalized spacial score (nSPS) is 16.3. The van der Waals surface area contributed by atoms with Crippen LogP contribution in [0.2, 0.25) is 5.02 Å². The van der Waals surface area contributed by atoms with Gasteiger partial charge in [-0.1, -0.05) is 54.1 Å². The van der Waals surface area contributed by atoms with Gasteiger partial charge in [-0.25, -0.2) is 0 Å². The molecule has 0 unspecified atom stereocenters. The molecule has 0 radical (unpaired) electrons. The zero-order valence-corrected chi connectivity index (χ0v) is 13.3. The topological polar surface area (TPSA) is 20.0 Å². The minimum Gasteiger partial charge on any atom is -0.328 e. The van der Waals surface area contributed by atoms with Crippen molar-refractivity contribution in [1.29, 1.82) is 0 Å². The molecule has 4 heteroatoms. The standard InChI is InChI=1S/C18H20ClN3/c19-18-8-4-7-17(13-18)14-20-22-11-9-21(10-12-22)15-16-5-2-1-3-6-16/h1-8,13-14H,9-12,15H2/p+1/b20-14+. The molecule has 1 saturated heterocycles. The van der Waals surface area contributed by atoms with E-state index in [-0.39, 0.29) is 0 Å². The number of halogens is 1. The Morgan fingerprint density at radius 1 is 1.05 bits per heavy atom. The highest BCUT2D eigenvalue weighted by Crippen LogP contribution is 2.09. The van der Waals surface area contributed by atoms with Crippen molar-refractivity contribution >= 4 is 17.8 Å². The zero-order chi connectivity index (χ0) is 15.2. The molecule has 1 aliphatic heterocycles. The highest BCUT2D eigenvalue weighted by atomic mass is 35.5. The molecule has 22 heavy (non-hydrogen) atoms. The third-order valence-electron chi connectivity index (χ3n) is 3.96. The highest BCUT2D eigenvalue weighted by Gasteiger charge is 2.18. The number of hydrogen-bond acceptors (Lipinski definition) is 2. The van der Waals surface area contributed by atoms with Gasteiger partial charge in [0.1, 0.15) is 6.54 Å². The summed E-state index contributed by atoms with van der Waals surface area (Å²) in [4.78, 5) is 1.63. The smallest absolute Gasteiger partial charge is 0.103 e. The van der Waals surface area contributed by atoms with Crippen molar-refractivity contribution in [3.05, 3.63) is 70.7 Å². The molecule has 0 amide bonds. The van der Waals surface area contributed by atoms with Gasteiger partial charge in [0.15, 0.2) is 0 Å². The second-order valence-electron chi connectivity index (χ2n) is 5.67. The fourth-order valence-corrected chi connectivity index (χ4v) is 2.92. The molecule has 3 nitrogen and oxygen atoms in total. The fraction of sp³-hybridized carbons (Fsp3) is 0.278. The Labute approximate surface area is 136 Å². The van der Waals surface area contributed by atoms with Crippen LogP contribution in [0.1, 0.15) is 11.1 Å². The van der Waals surface area contributed by atoms with Crippen molar-refractivity contribution in [2.24, 2.45) is 5.10 Å². The van der Waals surface area contributed by atoms with E-state index in [9.17, 15) is 0 Å². The lowest BCUT2D eigenvalue weighted by molar-refractivity contribution is -0.918. The summed E-state index contributed by atoms with van der Waals surface area (Å²) in [6.45, 7) is 5.36. The number of benzene rings is 2. The molecule has 0 saturated carbocycles. The molecule has 1 N–H and O–H groups in total. The Balaban J connectivity index is 1.49. The Bertz CT molecular complexity index is 619. The zero-order valence-electron chi connectivity index (χ0n) is 12.6. The highest BCUT2D eigenvalue weighted by molar-refractivity contribution is 6.30. The van der Waals surface area contributed by atoms with Crippen LogP contribution in [0.15, 0.2) is 59.7 Å². The Morgan fingerprint density at radius 2 is 1.82 bits per heavy atom. The molecule has 2 aromatic carbocycles. The number of hydrogen-bond donors (Lipinski definition) is 1. The molecule has 0 aliphatic carbocycles. The van der Waals surface area contributed by atoms with Crippen LogP contribution in [0.4, 0.5) is 0 Å². The van der Waals surface area contributed by atoms with Crippen molar-refractivity contribution in [1.82, 2.24) is 5.01 Å². The van der Waals surface area contributed by atoms with Crippen LogP contribution in [-0.4, -0.2) is 37.4 Å². The molecule has 1 aliphatic rings. The van der Waals surface area contributed by atoms with Crippen LogP contribution in [-0.2, 0) is 6.54 Å². The molecule has 3 rings (SSSR count). The summed E-state index contributed by atoms with van der Waals surface area (Å²) in [5.41, 5.74) is 2.46. The minimum atomic E-state index is 0.751. The molecule has 0 bridgehead atoms. The maximum Gasteiger partial charge on any atom is 0.103 e. The first-order valence-electron chi connectivity index (χ1n) is 7.71. The van der Waals surface area contributed by atoms with E-state index in [1.54, 1.807) is 4.90 Å². The largest absolute Gasteiger partial charge is 0.328 e. The van der Waals surface area contributed by atoms with Gasteiger partial charge >= 0.3 is 0 Å². The monoisotopic (exact) mass is 314 g/mol. The number of piperazine rings is 1. The van der Waals surface area contributed by atoms with Crippen LogP contribution in [0, 0.1) is 0 Å². The lowest BCUT2D eigenvalue weighted by Crippen LogP contribution is -3.13. The number of quaternary nitrogens is 1. The number of rotatable bonds is 4. The third-order valence-corrected chi connectivity index (χ3v) is 4.20. The molecule has 0 aromatic heterocycles. The quantitative estimate of drug-likeness (QED) is 0.857. The van der Waals surface area contributed by atoms with E-state index >= 15 is 0 Å². The average molecular weight is 315 g/mol. The van der Waals surface area contributed by atoms with Crippen molar-refractivity contribution in [2.75, 3.05) is 26.2 Å². The summed E-state index contributed by atoms with van der Waals surface area (Å²) in [7, 11) is 0. The SMILES string of the molecule is Clc1cccc(/C=N/N2CC[NH+](Cc3ccccc3)CC2)c1. The van der Waals surface area contributed by atoms with Crippen molar-refractivity contribution < 1.29 is 4.90 Å². The predicted molar refractivity (Wildman–Crippen MR) is 91.5 cm³/mol. The van der Waals surface area contributed by atoms with Crippen LogP contribution >= 0.6 is 11.6 Å². The molecule has 0 spiro atoms. The third kappa shape index (κ3) is 4.33. The van der Waals surface area contributed by atoms with Crippen LogP contribution < -0.4 is 4.90 Å².